The number of pyridine rings is 1. The molecule has 0 spiro atoms. The third kappa shape index (κ3) is 7.17. The van der Waals surface area contributed by atoms with Gasteiger partial charge in [0.05, 0.1) is 0 Å². The summed E-state index contributed by atoms with van der Waals surface area (Å²) in [6.45, 7) is 9.53. The zero-order chi connectivity index (χ0) is 18.6. The molecule has 146 valence electrons. The minimum absolute atomic E-state index is 0.717. The Kier molecular flexibility index (Phi) is 9.20. The van der Waals surface area contributed by atoms with E-state index in [2.05, 4.69) is 49.6 Å². The first-order valence-corrected chi connectivity index (χ1v) is 9.63. The molecule has 2 N–H and O–H groups in total. The van der Waals surface area contributed by atoms with Gasteiger partial charge in [0.2, 0.25) is 0 Å². The van der Waals surface area contributed by atoms with Crippen molar-refractivity contribution < 1.29 is 4.74 Å². The first kappa shape index (κ1) is 20.5. The smallest absolute Gasteiger partial charge is 0.191 e. The number of guanidine groups is 1. The van der Waals surface area contributed by atoms with Crippen LogP contribution in [0.5, 0.6) is 0 Å². The molecular formula is C19H34N6O. The second kappa shape index (κ2) is 11.7. The summed E-state index contributed by atoms with van der Waals surface area (Å²) >= 11 is 0. The van der Waals surface area contributed by atoms with Gasteiger partial charge in [0.25, 0.3) is 0 Å². The lowest BCUT2D eigenvalue weighted by molar-refractivity contribution is 0.143. The molecule has 1 aliphatic heterocycles. The quantitative estimate of drug-likeness (QED) is 0.392. The normalized spacial score (nSPS) is 16.0. The molecule has 0 aromatic carbocycles. The highest BCUT2D eigenvalue weighted by atomic mass is 16.5. The van der Waals surface area contributed by atoms with Crippen molar-refractivity contribution in [2.45, 2.75) is 26.3 Å². The maximum atomic E-state index is 5.34. The third-order valence-corrected chi connectivity index (χ3v) is 4.53. The van der Waals surface area contributed by atoms with E-state index in [4.69, 9.17) is 4.74 Å². The Morgan fingerprint density at radius 2 is 2.00 bits per heavy atom. The highest BCUT2D eigenvalue weighted by Crippen LogP contribution is 2.13. The zero-order valence-corrected chi connectivity index (χ0v) is 16.5. The van der Waals surface area contributed by atoms with Gasteiger partial charge in [-0.2, -0.15) is 0 Å². The molecule has 1 aromatic heterocycles. The largest absolute Gasteiger partial charge is 0.382 e. The van der Waals surface area contributed by atoms with E-state index in [-0.39, 0.29) is 0 Å². The molecule has 0 saturated carbocycles. The number of aliphatic imine (C=N–C) groups is 1. The lowest BCUT2D eigenvalue weighted by Gasteiger charge is -2.33. The van der Waals surface area contributed by atoms with Crippen LogP contribution >= 0.6 is 0 Å². The number of nitrogens with one attached hydrogen (secondary N) is 2. The Morgan fingerprint density at radius 3 is 2.65 bits per heavy atom. The van der Waals surface area contributed by atoms with E-state index in [9.17, 15) is 0 Å². The molecule has 1 saturated heterocycles. The molecule has 26 heavy (non-hydrogen) atoms. The predicted octanol–water partition coefficient (Wildman–Crippen LogP) is 1.32. The molecule has 1 aromatic rings. The van der Waals surface area contributed by atoms with Crippen LogP contribution in [0, 0.1) is 0 Å². The van der Waals surface area contributed by atoms with Gasteiger partial charge in [-0.1, -0.05) is 6.07 Å². The van der Waals surface area contributed by atoms with Crippen LogP contribution in [0.15, 0.2) is 23.3 Å². The summed E-state index contributed by atoms with van der Waals surface area (Å²) in [7, 11) is 3.96. The molecule has 0 aliphatic carbocycles. The van der Waals surface area contributed by atoms with Gasteiger partial charge in [-0.05, 0) is 38.4 Å². The Morgan fingerprint density at radius 1 is 1.19 bits per heavy atom. The van der Waals surface area contributed by atoms with Crippen molar-refractivity contribution in [2.75, 3.05) is 64.9 Å². The summed E-state index contributed by atoms with van der Waals surface area (Å²) in [6.07, 6.45) is 4.09. The Balaban J connectivity index is 1.69. The number of unbranched alkanes of at least 4 members (excludes halogenated alkanes) is 1. The molecule has 7 heteroatoms. The number of hydrogen-bond acceptors (Lipinski definition) is 5. The number of rotatable bonds is 9. The Labute approximate surface area is 157 Å². The Bertz CT molecular complexity index is 525. The van der Waals surface area contributed by atoms with Gasteiger partial charge >= 0.3 is 0 Å². The van der Waals surface area contributed by atoms with E-state index in [0.29, 0.717) is 6.54 Å². The number of aromatic nitrogens is 1. The van der Waals surface area contributed by atoms with Crippen molar-refractivity contribution in [1.82, 2.24) is 20.5 Å². The number of piperazine rings is 1. The van der Waals surface area contributed by atoms with Crippen molar-refractivity contribution in [2.24, 2.45) is 4.99 Å². The summed E-state index contributed by atoms with van der Waals surface area (Å²) in [5.74, 6) is 1.89. The van der Waals surface area contributed by atoms with Gasteiger partial charge in [-0.3, -0.25) is 4.99 Å². The van der Waals surface area contributed by atoms with Gasteiger partial charge in [-0.25, -0.2) is 4.98 Å². The highest BCUT2D eigenvalue weighted by Gasteiger charge is 2.14. The van der Waals surface area contributed by atoms with Gasteiger partial charge in [-0.15, -0.1) is 0 Å². The maximum Gasteiger partial charge on any atom is 0.191 e. The summed E-state index contributed by atoms with van der Waals surface area (Å²) in [6, 6.07) is 4.26. The van der Waals surface area contributed by atoms with Crippen molar-refractivity contribution in [1.29, 1.82) is 0 Å². The fourth-order valence-electron chi connectivity index (χ4n) is 2.83. The van der Waals surface area contributed by atoms with Crippen LogP contribution in [0.4, 0.5) is 5.82 Å². The fraction of sp³-hybridized carbons (Fsp3) is 0.684. The molecule has 1 aliphatic rings. The first-order chi connectivity index (χ1) is 12.7. The average Bonchev–Trinajstić information content (AvgIpc) is 2.68. The van der Waals surface area contributed by atoms with Crippen LogP contribution in [-0.2, 0) is 11.3 Å². The van der Waals surface area contributed by atoms with E-state index in [0.717, 1.165) is 76.1 Å². The number of likely N-dealkylation sites (N-methyl/N-ethyl adjacent to an activating group) is 1. The number of anilines is 1. The van der Waals surface area contributed by atoms with Gasteiger partial charge < -0.3 is 25.2 Å². The van der Waals surface area contributed by atoms with E-state index in [1.54, 1.807) is 7.05 Å². The van der Waals surface area contributed by atoms with E-state index in [1.165, 1.54) is 0 Å². The zero-order valence-electron chi connectivity index (χ0n) is 16.5. The molecule has 7 nitrogen and oxygen atoms in total. The molecule has 2 heterocycles. The monoisotopic (exact) mass is 362 g/mol. The SMILES string of the molecule is CCOCCCCNC(=NC)NCc1ccc(N2CCN(C)CC2)nc1. The molecule has 1 fully saturated rings. The number of nitrogens with zero attached hydrogens (tertiary/aromatic N) is 4. The maximum absolute atomic E-state index is 5.34. The summed E-state index contributed by atoms with van der Waals surface area (Å²) in [5, 5.41) is 6.67. The van der Waals surface area contributed by atoms with Crippen LogP contribution in [0.25, 0.3) is 0 Å². The van der Waals surface area contributed by atoms with Crippen molar-refractivity contribution in [3.8, 4) is 0 Å². The third-order valence-electron chi connectivity index (χ3n) is 4.53. The molecular weight excluding hydrogens is 328 g/mol. The Hall–Kier alpha value is -1.86. The summed E-state index contributed by atoms with van der Waals surface area (Å²) < 4.78 is 5.34. The number of hydrogen-bond donors (Lipinski definition) is 2. The molecule has 2 rings (SSSR count). The van der Waals surface area contributed by atoms with E-state index in [1.807, 2.05) is 13.1 Å². The van der Waals surface area contributed by atoms with Crippen LogP contribution in [0.2, 0.25) is 0 Å². The predicted molar refractivity (Wildman–Crippen MR) is 108 cm³/mol. The molecule has 0 bridgehead atoms. The average molecular weight is 363 g/mol. The van der Waals surface area contributed by atoms with Crippen LogP contribution in [0.3, 0.4) is 0 Å². The molecule has 0 unspecified atom stereocenters. The molecule has 0 radical (unpaired) electrons. The van der Waals surface area contributed by atoms with Crippen LogP contribution in [-0.4, -0.2) is 75.9 Å². The van der Waals surface area contributed by atoms with E-state index >= 15 is 0 Å². The lowest BCUT2D eigenvalue weighted by Crippen LogP contribution is -2.44. The standard InChI is InChI=1S/C19H34N6O/c1-4-26-14-6-5-9-21-19(20-2)23-16-17-7-8-18(22-15-17)25-12-10-24(3)11-13-25/h7-8,15H,4-6,9-14,16H2,1-3H3,(H2,20,21,23). The van der Waals surface area contributed by atoms with Crippen LogP contribution in [0.1, 0.15) is 25.3 Å². The van der Waals surface area contributed by atoms with Gasteiger partial charge in [0.1, 0.15) is 5.82 Å². The fourth-order valence-corrected chi connectivity index (χ4v) is 2.83. The van der Waals surface area contributed by atoms with Crippen molar-refractivity contribution >= 4 is 11.8 Å². The summed E-state index contributed by atoms with van der Waals surface area (Å²) in [4.78, 5) is 13.6. The number of ether oxygens (including phenoxy) is 1. The van der Waals surface area contributed by atoms with E-state index < -0.39 is 0 Å². The summed E-state index contributed by atoms with van der Waals surface area (Å²) in [5.41, 5.74) is 1.15. The molecule has 0 amide bonds. The highest BCUT2D eigenvalue weighted by molar-refractivity contribution is 5.79. The minimum atomic E-state index is 0.717. The second-order valence-electron chi connectivity index (χ2n) is 6.57. The lowest BCUT2D eigenvalue weighted by atomic mass is 10.2. The second-order valence-corrected chi connectivity index (χ2v) is 6.57. The van der Waals surface area contributed by atoms with Crippen molar-refractivity contribution in [3.05, 3.63) is 23.9 Å². The van der Waals surface area contributed by atoms with Gasteiger partial charge in [0.15, 0.2) is 5.96 Å². The van der Waals surface area contributed by atoms with Crippen molar-refractivity contribution in [3.63, 3.8) is 0 Å². The topological polar surface area (TPSA) is 65.0 Å². The van der Waals surface area contributed by atoms with Crippen LogP contribution < -0.4 is 15.5 Å². The minimum Gasteiger partial charge on any atom is -0.382 e. The first-order valence-electron chi connectivity index (χ1n) is 9.63. The molecule has 0 atom stereocenters. The van der Waals surface area contributed by atoms with Gasteiger partial charge in [0, 0.05) is 65.7 Å².